The largest absolute Gasteiger partial charge is 0.467 e. The van der Waals surface area contributed by atoms with Crippen LogP contribution in [0.1, 0.15) is 11.6 Å². The third kappa shape index (κ3) is 2.89. The van der Waals surface area contributed by atoms with Crippen LogP contribution in [0.25, 0.3) is 22.1 Å². The lowest BCUT2D eigenvalue weighted by Gasteiger charge is -2.02. The molecule has 0 aliphatic heterocycles. The Hall–Kier alpha value is -3.40. The Morgan fingerprint density at radius 2 is 2.11 bits per heavy atom. The highest BCUT2D eigenvalue weighted by atomic mass is 32.2. The number of tetrazole rings is 1. The van der Waals surface area contributed by atoms with E-state index in [0.29, 0.717) is 34.4 Å². The van der Waals surface area contributed by atoms with Gasteiger partial charge >= 0.3 is 0 Å². The summed E-state index contributed by atoms with van der Waals surface area (Å²) in [7, 11) is 0. The molecule has 0 atom stereocenters. The summed E-state index contributed by atoms with van der Waals surface area (Å²) in [5.41, 5.74) is 1.12. The average molecular weight is 380 g/mol. The molecule has 0 amide bonds. The third-order valence-corrected chi connectivity index (χ3v) is 4.97. The first-order valence-electron chi connectivity index (χ1n) is 8.10. The van der Waals surface area contributed by atoms with E-state index < -0.39 is 0 Å². The second-order valence-corrected chi connectivity index (χ2v) is 6.72. The monoisotopic (exact) mass is 380 g/mol. The van der Waals surface area contributed by atoms with Gasteiger partial charge < -0.3 is 13.8 Å². The van der Waals surface area contributed by atoms with Gasteiger partial charge in [-0.15, -0.1) is 5.10 Å². The molecule has 0 aliphatic carbocycles. The number of hydrogen-bond donors (Lipinski definition) is 1. The van der Waals surface area contributed by atoms with Gasteiger partial charge in [-0.1, -0.05) is 23.9 Å². The first-order chi connectivity index (χ1) is 13.3. The SMILES string of the molecule is O=c1[nH]c(CSc2nnnn2Cc2ccco2)nc2c1oc1ccccc12. The molecule has 0 aliphatic rings. The second-order valence-electron chi connectivity index (χ2n) is 5.78. The van der Waals surface area contributed by atoms with Crippen LogP contribution in [-0.4, -0.2) is 30.2 Å². The summed E-state index contributed by atoms with van der Waals surface area (Å²) in [6, 6.07) is 11.1. The Morgan fingerprint density at radius 3 is 3.00 bits per heavy atom. The van der Waals surface area contributed by atoms with E-state index in [-0.39, 0.29) is 11.1 Å². The summed E-state index contributed by atoms with van der Waals surface area (Å²) in [5, 5.41) is 13.1. The minimum atomic E-state index is -0.304. The topological polar surface area (TPSA) is 116 Å². The molecule has 1 N–H and O–H groups in total. The molecule has 0 bridgehead atoms. The maximum Gasteiger partial charge on any atom is 0.294 e. The number of thioether (sulfide) groups is 1. The zero-order valence-corrected chi connectivity index (χ0v) is 14.6. The summed E-state index contributed by atoms with van der Waals surface area (Å²) < 4.78 is 12.6. The summed E-state index contributed by atoms with van der Waals surface area (Å²) in [5.74, 6) is 1.68. The molecule has 4 aromatic heterocycles. The van der Waals surface area contributed by atoms with Crippen LogP contribution in [0.4, 0.5) is 0 Å². The van der Waals surface area contributed by atoms with E-state index in [2.05, 4.69) is 25.5 Å². The lowest BCUT2D eigenvalue weighted by molar-refractivity contribution is 0.462. The quantitative estimate of drug-likeness (QED) is 0.463. The number of aromatic nitrogens is 6. The number of benzene rings is 1. The average Bonchev–Trinajstić information content (AvgIpc) is 3.41. The Balaban J connectivity index is 1.43. The van der Waals surface area contributed by atoms with Gasteiger partial charge in [0.1, 0.15) is 29.2 Å². The number of H-pyrrole nitrogens is 1. The van der Waals surface area contributed by atoms with Crippen LogP contribution in [0.15, 0.2) is 61.4 Å². The van der Waals surface area contributed by atoms with Gasteiger partial charge in [-0.3, -0.25) is 4.79 Å². The van der Waals surface area contributed by atoms with Gasteiger partial charge in [0.25, 0.3) is 5.56 Å². The minimum Gasteiger partial charge on any atom is -0.467 e. The van der Waals surface area contributed by atoms with Crippen LogP contribution < -0.4 is 5.56 Å². The summed E-state index contributed by atoms with van der Waals surface area (Å²) in [6.45, 7) is 0.428. The normalized spacial score (nSPS) is 11.6. The molecule has 9 nitrogen and oxygen atoms in total. The molecular weight excluding hydrogens is 368 g/mol. The number of furan rings is 2. The van der Waals surface area contributed by atoms with Crippen molar-refractivity contribution in [2.45, 2.75) is 17.5 Å². The summed E-state index contributed by atoms with van der Waals surface area (Å²) in [6.07, 6.45) is 1.60. The van der Waals surface area contributed by atoms with Gasteiger partial charge in [-0.25, -0.2) is 9.67 Å². The molecule has 5 rings (SSSR count). The molecule has 0 spiro atoms. The van der Waals surface area contributed by atoms with E-state index in [1.807, 2.05) is 36.4 Å². The van der Waals surface area contributed by atoms with Crippen LogP contribution in [0, 0.1) is 0 Å². The van der Waals surface area contributed by atoms with E-state index in [4.69, 9.17) is 8.83 Å². The first kappa shape index (κ1) is 15.8. The predicted molar refractivity (Wildman–Crippen MR) is 97.3 cm³/mol. The van der Waals surface area contributed by atoms with Crippen LogP contribution >= 0.6 is 11.8 Å². The van der Waals surface area contributed by atoms with E-state index in [1.54, 1.807) is 10.9 Å². The molecule has 1 aromatic carbocycles. The molecule has 0 fully saturated rings. The Labute approximate surface area is 155 Å². The van der Waals surface area contributed by atoms with Gasteiger partial charge in [0, 0.05) is 5.39 Å². The third-order valence-electron chi connectivity index (χ3n) is 4.00. The molecule has 27 heavy (non-hydrogen) atoms. The van der Waals surface area contributed by atoms with Crippen LogP contribution in [0.5, 0.6) is 0 Å². The van der Waals surface area contributed by atoms with Crippen LogP contribution in [0.3, 0.4) is 0 Å². The number of aromatic amines is 1. The highest BCUT2D eigenvalue weighted by Gasteiger charge is 2.14. The summed E-state index contributed by atoms with van der Waals surface area (Å²) in [4.78, 5) is 19.7. The van der Waals surface area contributed by atoms with Gasteiger partial charge in [0.05, 0.1) is 12.0 Å². The molecule has 134 valence electrons. The molecular formula is C17H12N6O3S. The van der Waals surface area contributed by atoms with Crippen LogP contribution in [0.2, 0.25) is 0 Å². The van der Waals surface area contributed by atoms with Crippen molar-refractivity contribution in [1.29, 1.82) is 0 Å². The van der Waals surface area contributed by atoms with Gasteiger partial charge in [0.15, 0.2) is 0 Å². The zero-order chi connectivity index (χ0) is 18.2. The number of nitrogens with one attached hydrogen (secondary N) is 1. The number of hydrogen-bond acceptors (Lipinski definition) is 8. The highest BCUT2D eigenvalue weighted by molar-refractivity contribution is 7.98. The Kier molecular flexibility index (Phi) is 3.75. The van der Waals surface area contributed by atoms with Gasteiger partial charge in [0.2, 0.25) is 10.7 Å². The van der Waals surface area contributed by atoms with Crippen molar-refractivity contribution in [3.8, 4) is 0 Å². The molecule has 4 heterocycles. The van der Waals surface area contributed by atoms with Crippen LogP contribution in [-0.2, 0) is 12.3 Å². The maximum absolute atomic E-state index is 12.4. The van der Waals surface area contributed by atoms with Crippen molar-refractivity contribution in [2.75, 3.05) is 0 Å². The number of nitrogens with zero attached hydrogens (tertiary/aromatic N) is 5. The van der Waals surface area contributed by atoms with Crippen molar-refractivity contribution in [3.05, 3.63) is 64.6 Å². The molecule has 5 aromatic rings. The van der Waals surface area contributed by atoms with Gasteiger partial charge in [-0.2, -0.15) is 0 Å². The standard InChI is InChI=1S/C17H12N6O3S/c24-16-15-14(11-5-1-2-6-12(11)26-15)18-13(19-16)9-27-17-20-21-22-23(17)8-10-4-3-7-25-10/h1-7H,8-9H2,(H,18,19,24). The van der Waals surface area contributed by atoms with Crippen molar-refractivity contribution >= 4 is 33.8 Å². The fourth-order valence-corrected chi connectivity index (χ4v) is 3.54. The van der Waals surface area contributed by atoms with E-state index in [9.17, 15) is 4.79 Å². The number of rotatable bonds is 5. The predicted octanol–water partition coefficient (Wildman–Crippen LogP) is 2.59. The fraction of sp³-hybridized carbons (Fsp3) is 0.118. The second kappa shape index (κ2) is 6.40. The van der Waals surface area contributed by atoms with Crippen molar-refractivity contribution in [3.63, 3.8) is 0 Å². The fourth-order valence-electron chi connectivity index (χ4n) is 2.80. The maximum atomic E-state index is 12.4. The smallest absolute Gasteiger partial charge is 0.294 e. The number of para-hydroxylation sites is 1. The highest BCUT2D eigenvalue weighted by Crippen LogP contribution is 2.25. The minimum absolute atomic E-state index is 0.229. The van der Waals surface area contributed by atoms with Crippen molar-refractivity contribution in [2.24, 2.45) is 0 Å². The molecule has 10 heteroatoms. The molecule has 0 radical (unpaired) electrons. The number of fused-ring (bicyclic) bond motifs is 3. The Morgan fingerprint density at radius 1 is 1.19 bits per heavy atom. The van der Waals surface area contributed by atoms with Crippen molar-refractivity contribution in [1.82, 2.24) is 30.2 Å². The molecule has 0 saturated heterocycles. The Bertz CT molecular complexity index is 1290. The van der Waals surface area contributed by atoms with E-state index in [0.717, 1.165) is 11.1 Å². The van der Waals surface area contributed by atoms with E-state index >= 15 is 0 Å². The van der Waals surface area contributed by atoms with Gasteiger partial charge in [-0.05, 0) is 34.7 Å². The first-order valence-corrected chi connectivity index (χ1v) is 9.08. The van der Waals surface area contributed by atoms with Crippen molar-refractivity contribution < 1.29 is 8.83 Å². The summed E-state index contributed by atoms with van der Waals surface area (Å²) >= 11 is 1.38. The molecule has 0 saturated carbocycles. The van der Waals surface area contributed by atoms with E-state index in [1.165, 1.54) is 11.8 Å². The lowest BCUT2D eigenvalue weighted by atomic mass is 10.2. The zero-order valence-electron chi connectivity index (χ0n) is 13.8. The lowest BCUT2D eigenvalue weighted by Crippen LogP contribution is -2.10. The molecule has 0 unspecified atom stereocenters.